The van der Waals surface area contributed by atoms with E-state index in [4.69, 9.17) is 5.73 Å². The predicted octanol–water partition coefficient (Wildman–Crippen LogP) is 2.34. The lowest BCUT2D eigenvalue weighted by Gasteiger charge is -2.18. The second-order valence-electron chi connectivity index (χ2n) is 4.55. The minimum Gasteiger partial charge on any atom is -0.384 e. The highest BCUT2D eigenvalue weighted by atomic mass is 14.9. The zero-order chi connectivity index (χ0) is 13.5. The van der Waals surface area contributed by atoms with Crippen LogP contribution in [0, 0.1) is 0 Å². The lowest BCUT2D eigenvalue weighted by molar-refractivity contribution is 0.518. The van der Waals surface area contributed by atoms with Gasteiger partial charge in [0.1, 0.15) is 5.82 Å². The molecule has 2 aromatic rings. The van der Waals surface area contributed by atoms with Gasteiger partial charge in [0.2, 0.25) is 0 Å². The molecule has 0 amide bonds. The van der Waals surface area contributed by atoms with E-state index in [1.807, 2.05) is 30.5 Å². The molecule has 0 aliphatic heterocycles. The van der Waals surface area contributed by atoms with Gasteiger partial charge in [-0.05, 0) is 49.2 Å². The van der Waals surface area contributed by atoms with Crippen LogP contribution in [0.4, 0.5) is 5.82 Å². The molecule has 4 heteroatoms. The molecule has 0 aliphatic carbocycles. The summed E-state index contributed by atoms with van der Waals surface area (Å²) >= 11 is 0. The van der Waals surface area contributed by atoms with Gasteiger partial charge in [-0.2, -0.15) is 0 Å². The van der Waals surface area contributed by atoms with Gasteiger partial charge in [0.15, 0.2) is 0 Å². The molecular formula is C15H20N4. The first-order valence-electron chi connectivity index (χ1n) is 6.64. The smallest absolute Gasteiger partial charge is 0.123 e. The van der Waals surface area contributed by atoms with E-state index in [2.05, 4.69) is 28.3 Å². The van der Waals surface area contributed by atoms with Crippen molar-refractivity contribution in [3.05, 3.63) is 54.0 Å². The zero-order valence-corrected chi connectivity index (χ0v) is 11.2. The third kappa shape index (κ3) is 4.03. The monoisotopic (exact) mass is 256 g/mol. The summed E-state index contributed by atoms with van der Waals surface area (Å²) in [4.78, 5) is 8.46. The Morgan fingerprint density at radius 3 is 2.79 bits per heavy atom. The number of nitrogens with zero attached hydrogens (tertiary/aromatic N) is 2. The van der Waals surface area contributed by atoms with Crippen LogP contribution in [0.5, 0.6) is 0 Å². The Bertz CT molecular complexity index is 499. The minimum absolute atomic E-state index is 0.211. The molecule has 0 aromatic carbocycles. The molecule has 19 heavy (non-hydrogen) atoms. The fourth-order valence-corrected chi connectivity index (χ4v) is 2.04. The van der Waals surface area contributed by atoms with Crippen LogP contribution in [-0.4, -0.2) is 16.5 Å². The van der Waals surface area contributed by atoms with Crippen LogP contribution < -0.4 is 11.1 Å². The second kappa shape index (κ2) is 6.85. The highest BCUT2D eigenvalue weighted by Gasteiger charge is 2.12. The topological polar surface area (TPSA) is 63.8 Å². The predicted molar refractivity (Wildman–Crippen MR) is 77.6 cm³/mol. The Morgan fingerprint density at radius 1 is 1.21 bits per heavy atom. The normalized spacial score (nSPS) is 12.3. The number of anilines is 1. The van der Waals surface area contributed by atoms with E-state index in [1.54, 1.807) is 6.20 Å². The van der Waals surface area contributed by atoms with Crippen LogP contribution in [-0.2, 0) is 6.42 Å². The lowest BCUT2D eigenvalue weighted by atomic mass is 10.0. The maximum Gasteiger partial charge on any atom is 0.123 e. The van der Waals surface area contributed by atoms with Gasteiger partial charge in [-0.3, -0.25) is 4.98 Å². The van der Waals surface area contributed by atoms with E-state index >= 15 is 0 Å². The van der Waals surface area contributed by atoms with Crippen molar-refractivity contribution in [2.45, 2.75) is 25.8 Å². The average Bonchev–Trinajstić information content (AvgIpc) is 2.44. The van der Waals surface area contributed by atoms with Gasteiger partial charge < -0.3 is 11.1 Å². The van der Waals surface area contributed by atoms with Crippen LogP contribution in [0.15, 0.2) is 42.7 Å². The summed E-state index contributed by atoms with van der Waals surface area (Å²) in [6, 6.07) is 10.1. The first kappa shape index (κ1) is 13.5. The minimum atomic E-state index is 0.211. The molecule has 100 valence electrons. The molecule has 0 bridgehead atoms. The summed E-state index contributed by atoms with van der Waals surface area (Å²) in [6.07, 6.45) is 5.54. The van der Waals surface area contributed by atoms with Gasteiger partial charge in [-0.25, -0.2) is 4.98 Å². The number of aromatic nitrogens is 2. The molecule has 2 aromatic heterocycles. The number of hydrogen-bond acceptors (Lipinski definition) is 4. The van der Waals surface area contributed by atoms with Gasteiger partial charge in [0, 0.05) is 12.4 Å². The Kier molecular flexibility index (Phi) is 4.86. The van der Waals surface area contributed by atoms with Crippen molar-refractivity contribution < 1.29 is 0 Å². The van der Waals surface area contributed by atoms with Crippen LogP contribution in [0.3, 0.4) is 0 Å². The van der Waals surface area contributed by atoms with Crippen LogP contribution >= 0.6 is 0 Å². The van der Waals surface area contributed by atoms with E-state index in [0.29, 0.717) is 5.82 Å². The molecule has 1 unspecified atom stereocenters. The Balaban J connectivity index is 2.14. The summed E-state index contributed by atoms with van der Waals surface area (Å²) in [5, 5.41) is 3.53. The second-order valence-corrected chi connectivity index (χ2v) is 4.55. The molecular weight excluding hydrogens is 236 g/mol. The fraction of sp³-hybridized carbons (Fsp3) is 0.333. The Hall–Kier alpha value is -1.94. The molecule has 4 nitrogen and oxygen atoms in total. The van der Waals surface area contributed by atoms with E-state index in [0.717, 1.165) is 25.1 Å². The molecule has 2 rings (SSSR count). The van der Waals surface area contributed by atoms with Crippen LogP contribution in [0.2, 0.25) is 0 Å². The summed E-state index contributed by atoms with van der Waals surface area (Å²) in [6.45, 7) is 3.13. The lowest BCUT2D eigenvalue weighted by Crippen LogP contribution is -2.25. The van der Waals surface area contributed by atoms with Gasteiger partial charge >= 0.3 is 0 Å². The van der Waals surface area contributed by atoms with Crippen molar-refractivity contribution in [1.82, 2.24) is 15.3 Å². The molecule has 0 saturated heterocycles. The van der Waals surface area contributed by atoms with Gasteiger partial charge in [-0.15, -0.1) is 0 Å². The molecule has 0 radical (unpaired) electrons. The van der Waals surface area contributed by atoms with E-state index in [9.17, 15) is 0 Å². The quantitative estimate of drug-likeness (QED) is 0.832. The van der Waals surface area contributed by atoms with Crippen molar-refractivity contribution >= 4 is 5.82 Å². The number of nitrogen functional groups attached to an aromatic ring is 1. The maximum absolute atomic E-state index is 5.73. The Morgan fingerprint density at radius 2 is 2.11 bits per heavy atom. The first-order chi connectivity index (χ1) is 9.29. The summed E-state index contributed by atoms with van der Waals surface area (Å²) in [5.74, 6) is 0.563. The molecule has 3 N–H and O–H groups in total. The number of nitrogens with one attached hydrogen (secondary N) is 1. The summed E-state index contributed by atoms with van der Waals surface area (Å²) in [7, 11) is 0. The molecule has 0 fully saturated rings. The third-order valence-corrected chi connectivity index (χ3v) is 2.97. The highest BCUT2D eigenvalue weighted by molar-refractivity contribution is 5.32. The molecule has 1 atom stereocenters. The van der Waals surface area contributed by atoms with Crippen molar-refractivity contribution in [2.75, 3.05) is 12.3 Å². The fourth-order valence-electron chi connectivity index (χ4n) is 2.04. The van der Waals surface area contributed by atoms with Crippen molar-refractivity contribution in [2.24, 2.45) is 0 Å². The largest absolute Gasteiger partial charge is 0.384 e. The molecule has 0 aliphatic rings. The van der Waals surface area contributed by atoms with Crippen molar-refractivity contribution in [1.29, 1.82) is 0 Å². The van der Waals surface area contributed by atoms with E-state index in [-0.39, 0.29) is 6.04 Å². The van der Waals surface area contributed by atoms with Crippen molar-refractivity contribution in [3.8, 4) is 0 Å². The highest BCUT2D eigenvalue weighted by Crippen LogP contribution is 2.17. The van der Waals surface area contributed by atoms with Gasteiger partial charge in [0.25, 0.3) is 0 Å². The molecule has 0 spiro atoms. The number of nitrogens with two attached hydrogens (primary N) is 1. The molecule has 0 saturated carbocycles. The SMILES string of the molecule is CCCNC(Cc1ccnc(N)c1)c1ccccn1. The van der Waals surface area contributed by atoms with E-state index < -0.39 is 0 Å². The summed E-state index contributed by atoms with van der Waals surface area (Å²) < 4.78 is 0. The van der Waals surface area contributed by atoms with Crippen LogP contribution in [0.1, 0.15) is 30.6 Å². The standard InChI is InChI=1S/C15H20N4/c1-2-7-17-14(13-5-3-4-8-18-13)10-12-6-9-19-15(16)11-12/h3-6,8-9,11,14,17H,2,7,10H2,1H3,(H2,16,19). The average molecular weight is 256 g/mol. The first-order valence-corrected chi connectivity index (χ1v) is 6.64. The Labute approximate surface area is 114 Å². The molecule has 2 heterocycles. The van der Waals surface area contributed by atoms with E-state index in [1.165, 1.54) is 5.56 Å². The number of rotatable bonds is 6. The van der Waals surface area contributed by atoms with Gasteiger partial charge in [0.05, 0.1) is 11.7 Å². The number of hydrogen-bond donors (Lipinski definition) is 2. The summed E-state index contributed by atoms with van der Waals surface area (Å²) in [5.41, 5.74) is 7.96. The van der Waals surface area contributed by atoms with Crippen molar-refractivity contribution in [3.63, 3.8) is 0 Å². The maximum atomic E-state index is 5.73. The van der Waals surface area contributed by atoms with Crippen LogP contribution in [0.25, 0.3) is 0 Å². The zero-order valence-electron chi connectivity index (χ0n) is 11.2. The number of pyridine rings is 2. The third-order valence-electron chi connectivity index (χ3n) is 2.97. The van der Waals surface area contributed by atoms with Gasteiger partial charge in [-0.1, -0.05) is 13.0 Å².